The molecule has 0 fully saturated rings. The Hall–Kier alpha value is -3.27. The van der Waals surface area contributed by atoms with Gasteiger partial charge >= 0.3 is 0 Å². The third-order valence-corrected chi connectivity index (χ3v) is 4.30. The van der Waals surface area contributed by atoms with E-state index in [2.05, 4.69) is 20.3 Å². The summed E-state index contributed by atoms with van der Waals surface area (Å²) < 4.78 is 10.1. The van der Waals surface area contributed by atoms with Crippen molar-refractivity contribution in [2.75, 3.05) is 13.7 Å². The van der Waals surface area contributed by atoms with Crippen molar-refractivity contribution in [1.29, 1.82) is 0 Å². The number of H-pyrrole nitrogens is 1. The van der Waals surface area contributed by atoms with Gasteiger partial charge in [-0.3, -0.25) is 19.1 Å². The standard InChI is InChI=1S/C17H20N8O2/c1-11(2)24-15(13-8-21-23(10-13)4-5-27-3)22-25-14(12-6-19-20-7-12)9-18-16(25)17(24)26/h6-11H,4-5H2,1-3H3,(H,19,20). The normalized spacial score (nSPS) is 11.7. The quantitative estimate of drug-likeness (QED) is 0.551. The number of imidazole rings is 1. The molecule has 4 aromatic rings. The molecule has 0 aliphatic rings. The molecule has 27 heavy (non-hydrogen) atoms. The van der Waals surface area contributed by atoms with E-state index in [1.807, 2.05) is 20.0 Å². The Morgan fingerprint density at radius 2 is 2.07 bits per heavy atom. The maximum Gasteiger partial charge on any atom is 0.297 e. The number of aromatic nitrogens is 8. The number of hydrogen-bond donors (Lipinski definition) is 1. The summed E-state index contributed by atoms with van der Waals surface area (Å²) in [6, 6.07) is -0.0820. The molecule has 10 nitrogen and oxygen atoms in total. The summed E-state index contributed by atoms with van der Waals surface area (Å²) in [6.07, 6.45) is 8.60. The number of hydrogen-bond acceptors (Lipinski definition) is 6. The number of fused-ring (bicyclic) bond motifs is 1. The van der Waals surface area contributed by atoms with Crippen molar-refractivity contribution in [3.63, 3.8) is 0 Å². The van der Waals surface area contributed by atoms with Gasteiger partial charge in [-0.1, -0.05) is 0 Å². The number of nitrogens with zero attached hydrogens (tertiary/aromatic N) is 7. The first kappa shape index (κ1) is 17.2. The molecule has 0 amide bonds. The van der Waals surface area contributed by atoms with E-state index < -0.39 is 0 Å². The summed E-state index contributed by atoms with van der Waals surface area (Å²) in [4.78, 5) is 17.4. The van der Waals surface area contributed by atoms with Gasteiger partial charge in [-0.15, -0.1) is 5.10 Å². The molecule has 140 valence electrons. The summed E-state index contributed by atoms with van der Waals surface area (Å²) in [7, 11) is 1.65. The number of methoxy groups -OCH3 is 1. The third kappa shape index (κ3) is 2.93. The molecule has 0 atom stereocenters. The van der Waals surface area contributed by atoms with Crippen LogP contribution in [-0.4, -0.2) is 52.9 Å². The molecule has 0 aliphatic carbocycles. The van der Waals surface area contributed by atoms with Crippen LogP contribution in [0.5, 0.6) is 0 Å². The maximum absolute atomic E-state index is 13.1. The SMILES string of the molecule is COCCn1cc(-c2nn3c(-c4cn[nH]c4)cnc3c(=O)n2C(C)C)cn1. The lowest BCUT2D eigenvalue weighted by Gasteiger charge is -2.15. The summed E-state index contributed by atoms with van der Waals surface area (Å²) in [5.74, 6) is 0.536. The number of rotatable bonds is 6. The highest BCUT2D eigenvalue weighted by Gasteiger charge is 2.20. The van der Waals surface area contributed by atoms with Gasteiger partial charge in [0.1, 0.15) is 0 Å². The zero-order valence-corrected chi connectivity index (χ0v) is 15.3. The molecule has 4 aromatic heterocycles. The van der Waals surface area contributed by atoms with Crippen LogP contribution in [0.15, 0.2) is 35.8 Å². The fourth-order valence-electron chi connectivity index (χ4n) is 2.99. The highest BCUT2D eigenvalue weighted by atomic mass is 16.5. The van der Waals surface area contributed by atoms with Crippen molar-refractivity contribution >= 4 is 5.65 Å². The summed E-state index contributed by atoms with van der Waals surface area (Å²) in [6.45, 7) is 5.06. The van der Waals surface area contributed by atoms with E-state index in [4.69, 9.17) is 9.84 Å². The van der Waals surface area contributed by atoms with Crippen LogP contribution in [0.4, 0.5) is 0 Å². The number of ether oxygens (including phenoxy) is 1. The minimum Gasteiger partial charge on any atom is -0.383 e. The van der Waals surface area contributed by atoms with Crippen LogP contribution in [0.3, 0.4) is 0 Å². The highest BCUT2D eigenvalue weighted by molar-refractivity contribution is 5.62. The van der Waals surface area contributed by atoms with Gasteiger partial charge < -0.3 is 4.74 Å². The van der Waals surface area contributed by atoms with Crippen molar-refractivity contribution in [1.82, 2.24) is 39.1 Å². The van der Waals surface area contributed by atoms with Gasteiger partial charge in [0.15, 0.2) is 5.82 Å². The predicted molar refractivity (Wildman–Crippen MR) is 98.3 cm³/mol. The largest absolute Gasteiger partial charge is 0.383 e. The summed E-state index contributed by atoms with van der Waals surface area (Å²) in [5, 5.41) is 15.8. The minimum atomic E-state index is -0.200. The number of nitrogens with one attached hydrogen (secondary N) is 1. The lowest BCUT2D eigenvalue weighted by Crippen LogP contribution is -2.27. The molecule has 0 unspecified atom stereocenters. The van der Waals surface area contributed by atoms with Gasteiger partial charge in [-0.25, -0.2) is 9.50 Å². The molecule has 0 bridgehead atoms. The van der Waals surface area contributed by atoms with E-state index in [1.165, 1.54) is 0 Å². The van der Waals surface area contributed by atoms with Gasteiger partial charge in [0.05, 0.1) is 43.0 Å². The van der Waals surface area contributed by atoms with Gasteiger partial charge in [0.25, 0.3) is 5.56 Å². The average molecular weight is 368 g/mol. The van der Waals surface area contributed by atoms with Crippen LogP contribution in [0.2, 0.25) is 0 Å². The number of aromatic amines is 1. The van der Waals surface area contributed by atoms with Crippen LogP contribution in [0.25, 0.3) is 28.3 Å². The third-order valence-electron chi connectivity index (χ3n) is 4.30. The van der Waals surface area contributed by atoms with Gasteiger partial charge in [0.2, 0.25) is 5.65 Å². The smallest absolute Gasteiger partial charge is 0.297 e. The Morgan fingerprint density at radius 3 is 2.78 bits per heavy atom. The first-order valence-corrected chi connectivity index (χ1v) is 8.61. The van der Waals surface area contributed by atoms with Gasteiger partial charge in [0, 0.05) is 31.1 Å². The molecule has 0 saturated carbocycles. The molecular weight excluding hydrogens is 348 g/mol. The Balaban J connectivity index is 1.92. The molecule has 4 rings (SSSR count). The lowest BCUT2D eigenvalue weighted by atomic mass is 10.3. The topological polar surface area (TPSA) is 108 Å². The Bertz CT molecular complexity index is 1120. The molecule has 0 aromatic carbocycles. The second-order valence-corrected chi connectivity index (χ2v) is 6.44. The van der Waals surface area contributed by atoms with Crippen LogP contribution < -0.4 is 5.56 Å². The monoisotopic (exact) mass is 368 g/mol. The van der Waals surface area contributed by atoms with Crippen molar-refractivity contribution in [3.8, 4) is 22.6 Å². The molecule has 10 heteroatoms. The molecule has 1 N–H and O–H groups in total. The van der Waals surface area contributed by atoms with Crippen LogP contribution in [-0.2, 0) is 11.3 Å². The second-order valence-electron chi connectivity index (χ2n) is 6.44. The summed E-state index contributed by atoms with van der Waals surface area (Å²) >= 11 is 0. The molecule has 0 aliphatic heterocycles. The fourth-order valence-corrected chi connectivity index (χ4v) is 2.99. The van der Waals surface area contributed by atoms with E-state index >= 15 is 0 Å². The Labute approximate surface area is 154 Å². The fraction of sp³-hybridized carbons (Fsp3) is 0.353. The molecule has 4 heterocycles. The van der Waals surface area contributed by atoms with E-state index in [-0.39, 0.29) is 17.2 Å². The molecule has 0 spiro atoms. The second kappa shape index (κ2) is 6.80. The van der Waals surface area contributed by atoms with Crippen LogP contribution in [0, 0.1) is 0 Å². The van der Waals surface area contributed by atoms with E-state index in [9.17, 15) is 4.79 Å². The van der Waals surface area contributed by atoms with Gasteiger partial charge in [-0.05, 0) is 13.8 Å². The Morgan fingerprint density at radius 1 is 1.22 bits per heavy atom. The first-order valence-electron chi connectivity index (χ1n) is 8.61. The van der Waals surface area contributed by atoms with E-state index in [0.29, 0.717) is 24.7 Å². The van der Waals surface area contributed by atoms with Crippen molar-refractivity contribution < 1.29 is 4.74 Å². The predicted octanol–water partition coefficient (Wildman–Crippen LogP) is 1.37. The highest BCUT2D eigenvalue weighted by Crippen LogP contribution is 2.22. The minimum absolute atomic E-state index is 0.0820. The average Bonchev–Trinajstić information content (AvgIpc) is 3.38. The van der Waals surface area contributed by atoms with Crippen molar-refractivity contribution in [2.24, 2.45) is 0 Å². The van der Waals surface area contributed by atoms with Gasteiger partial charge in [-0.2, -0.15) is 10.2 Å². The maximum atomic E-state index is 13.1. The van der Waals surface area contributed by atoms with Crippen molar-refractivity contribution in [2.45, 2.75) is 26.4 Å². The Kier molecular flexibility index (Phi) is 4.32. The van der Waals surface area contributed by atoms with Crippen molar-refractivity contribution in [3.05, 3.63) is 41.3 Å². The van der Waals surface area contributed by atoms with E-state index in [0.717, 1.165) is 11.1 Å². The molecular formula is C17H20N8O2. The molecule has 0 radical (unpaired) electrons. The zero-order chi connectivity index (χ0) is 19.0. The lowest BCUT2D eigenvalue weighted by molar-refractivity contribution is 0.183. The first-order chi connectivity index (χ1) is 13.1. The molecule has 0 saturated heterocycles. The van der Waals surface area contributed by atoms with Crippen LogP contribution >= 0.6 is 0 Å². The zero-order valence-electron chi connectivity index (χ0n) is 15.3. The van der Waals surface area contributed by atoms with Crippen LogP contribution in [0.1, 0.15) is 19.9 Å². The summed E-state index contributed by atoms with van der Waals surface area (Å²) in [5.41, 5.74) is 2.33. The van der Waals surface area contributed by atoms with E-state index in [1.54, 1.807) is 45.7 Å².